The average molecular weight is 439 g/mol. The number of sulfone groups is 1. The fourth-order valence-corrected chi connectivity index (χ4v) is 6.30. The normalized spacial score (nSPS) is 12.0. The standard InChI is InChI=1S/C22H18N2O4S2/c1-17-22(29(25,26)19-13-7-3-8-14-19)21(18-11-5-2-6-12-18)24(23-17)30(27,28)20-15-9-4-10-16-20/h2-16H,1H3. The van der Waals surface area contributed by atoms with E-state index < -0.39 is 19.9 Å². The van der Waals surface area contributed by atoms with Gasteiger partial charge in [-0.3, -0.25) is 0 Å². The average Bonchev–Trinajstić information content (AvgIpc) is 3.14. The van der Waals surface area contributed by atoms with Crippen LogP contribution in [0.3, 0.4) is 0 Å². The Bertz CT molecular complexity index is 1400. The maximum Gasteiger partial charge on any atom is 0.283 e. The predicted octanol–water partition coefficient (Wildman–Crippen LogP) is 3.93. The molecule has 4 aromatic rings. The first-order valence-electron chi connectivity index (χ1n) is 9.09. The highest BCUT2D eigenvalue weighted by Gasteiger charge is 2.33. The smallest absolute Gasteiger partial charge is 0.218 e. The van der Waals surface area contributed by atoms with Crippen molar-refractivity contribution in [3.63, 3.8) is 0 Å². The molecule has 0 N–H and O–H groups in total. The zero-order valence-corrected chi connectivity index (χ0v) is 17.6. The van der Waals surface area contributed by atoms with Crippen LogP contribution in [0.1, 0.15) is 5.69 Å². The molecule has 0 aliphatic heterocycles. The zero-order chi connectivity index (χ0) is 21.4. The Morgan fingerprint density at radius 3 is 1.67 bits per heavy atom. The SMILES string of the molecule is Cc1nn(S(=O)(=O)c2ccccc2)c(-c2ccccc2)c1S(=O)(=O)c1ccccc1. The summed E-state index contributed by atoms with van der Waals surface area (Å²) in [4.78, 5) is -0.0327. The van der Waals surface area contributed by atoms with E-state index in [2.05, 4.69) is 5.10 Å². The Labute approximate surface area is 175 Å². The van der Waals surface area contributed by atoms with Crippen LogP contribution < -0.4 is 0 Å². The third-order valence-corrected chi connectivity index (χ3v) is 8.12. The number of hydrogen-bond acceptors (Lipinski definition) is 5. The van der Waals surface area contributed by atoms with E-state index in [9.17, 15) is 16.8 Å². The Hall–Kier alpha value is -3.23. The van der Waals surface area contributed by atoms with Gasteiger partial charge in [0.2, 0.25) is 9.84 Å². The van der Waals surface area contributed by atoms with Crippen LogP contribution in [0.25, 0.3) is 11.3 Å². The molecule has 0 saturated heterocycles. The molecule has 0 saturated carbocycles. The van der Waals surface area contributed by atoms with Crippen molar-refractivity contribution in [3.8, 4) is 11.3 Å². The number of nitrogens with zero attached hydrogens (tertiary/aromatic N) is 2. The summed E-state index contributed by atoms with van der Waals surface area (Å²) in [6.45, 7) is 1.50. The minimum Gasteiger partial charge on any atom is -0.218 e. The fraction of sp³-hybridized carbons (Fsp3) is 0.0455. The van der Waals surface area contributed by atoms with Crippen LogP contribution in [0, 0.1) is 6.92 Å². The highest BCUT2D eigenvalue weighted by atomic mass is 32.2. The van der Waals surface area contributed by atoms with Crippen LogP contribution in [-0.4, -0.2) is 26.0 Å². The van der Waals surface area contributed by atoms with Gasteiger partial charge >= 0.3 is 0 Å². The Morgan fingerprint density at radius 2 is 1.13 bits per heavy atom. The lowest BCUT2D eigenvalue weighted by molar-refractivity contribution is 0.580. The molecular formula is C22H18N2O4S2. The van der Waals surface area contributed by atoms with E-state index >= 15 is 0 Å². The quantitative estimate of drug-likeness (QED) is 0.471. The maximum atomic E-state index is 13.5. The number of benzene rings is 3. The highest BCUT2D eigenvalue weighted by Crippen LogP contribution is 2.35. The van der Waals surface area contributed by atoms with Crippen LogP contribution in [-0.2, 0) is 19.9 Å². The molecule has 0 aliphatic carbocycles. The van der Waals surface area contributed by atoms with Crippen molar-refractivity contribution in [1.82, 2.24) is 9.19 Å². The summed E-state index contributed by atoms with van der Waals surface area (Å²) in [5, 5.41) is 4.18. The fourth-order valence-electron chi connectivity index (χ4n) is 3.23. The maximum absolute atomic E-state index is 13.5. The van der Waals surface area contributed by atoms with E-state index in [0.717, 1.165) is 4.09 Å². The van der Waals surface area contributed by atoms with Gasteiger partial charge in [0.25, 0.3) is 10.0 Å². The summed E-state index contributed by atoms with van der Waals surface area (Å²) in [5.74, 6) is 0. The molecule has 1 heterocycles. The third-order valence-electron chi connectivity index (χ3n) is 4.61. The van der Waals surface area contributed by atoms with E-state index in [0.29, 0.717) is 5.56 Å². The number of aryl methyl sites for hydroxylation is 1. The summed E-state index contributed by atoms with van der Waals surface area (Å²) >= 11 is 0. The van der Waals surface area contributed by atoms with E-state index in [1.165, 1.54) is 31.2 Å². The van der Waals surface area contributed by atoms with Gasteiger partial charge in [0.15, 0.2) is 0 Å². The minimum atomic E-state index is -4.12. The molecule has 1 aromatic heterocycles. The van der Waals surface area contributed by atoms with Crippen LogP contribution >= 0.6 is 0 Å². The van der Waals surface area contributed by atoms with E-state index in [4.69, 9.17) is 0 Å². The second-order valence-electron chi connectivity index (χ2n) is 6.61. The molecule has 30 heavy (non-hydrogen) atoms. The Balaban J connectivity index is 2.07. The molecule has 3 aromatic carbocycles. The van der Waals surface area contributed by atoms with Crippen molar-refractivity contribution >= 4 is 19.9 Å². The topological polar surface area (TPSA) is 86.1 Å². The van der Waals surface area contributed by atoms with Gasteiger partial charge in [0.05, 0.1) is 15.5 Å². The van der Waals surface area contributed by atoms with Gasteiger partial charge < -0.3 is 0 Å². The van der Waals surface area contributed by atoms with Crippen molar-refractivity contribution in [2.75, 3.05) is 0 Å². The lowest BCUT2D eigenvalue weighted by atomic mass is 10.1. The molecule has 0 unspecified atom stereocenters. The molecule has 0 fully saturated rings. The van der Waals surface area contributed by atoms with E-state index in [1.807, 2.05) is 0 Å². The van der Waals surface area contributed by atoms with Gasteiger partial charge in [-0.25, -0.2) is 8.42 Å². The second-order valence-corrected chi connectivity index (χ2v) is 10.3. The lowest BCUT2D eigenvalue weighted by Crippen LogP contribution is -2.16. The predicted molar refractivity (Wildman–Crippen MR) is 113 cm³/mol. The van der Waals surface area contributed by atoms with Gasteiger partial charge in [-0.15, -0.1) is 0 Å². The summed E-state index contributed by atoms with van der Waals surface area (Å²) in [5.41, 5.74) is 0.560. The van der Waals surface area contributed by atoms with Crippen LogP contribution in [0.5, 0.6) is 0 Å². The molecule has 0 bridgehead atoms. The van der Waals surface area contributed by atoms with Gasteiger partial charge in [0, 0.05) is 5.56 Å². The molecular weight excluding hydrogens is 420 g/mol. The van der Waals surface area contributed by atoms with Crippen LogP contribution in [0.4, 0.5) is 0 Å². The molecule has 4 rings (SSSR count). The second kappa shape index (κ2) is 7.55. The zero-order valence-electron chi connectivity index (χ0n) is 16.0. The summed E-state index contributed by atoms with van der Waals surface area (Å²) in [6.07, 6.45) is 0. The number of hydrogen-bond donors (Lipinski definition) is 0. The van der Waals surface area contributed by atoms with Crippen molar-refractivity contribution < 1.29 is 16.8 Å². The summed E-state index contributed by atoms with van der Waals surface area (Å²) < 4.78 is 54.5. The molecule has 0 aliphatic rings. The number of aromatic nitrogens is 2. The highest BCUT2D eigenvalue weighted by molar-refractivity contribution is 7.92. The van der Waals surface area contributed by atoms with Gasteiger partial charge in [-0.1, -0.05) is 66.7 Å². The van der Waals surface area contributed by atoms with Crippen molar-refractivity contribution in [2.24, 2.45) is 0 Å². The van der Waals surface area contributed by atoms with Gasteiger partial charge in [-0.2, -0.15) is 17.6 Å². The Kier molecular flexibility index (Phi) is 5.05. The minimum absolute atomic E-state index is 0.0146. The van der Waals surface area contributed by atoms with Crippen molar-refractivity contribution in [1.29, 1.82) is 0 Å². The monoisotopic (exact) mass is 438 g/mol. The molecule has 0 atom stereocenters. The van der Waals surface area contributed by atoms with Crippen LogP contribution in [0.15, 0.2) is 106 Å². The van der Waals surface area contributed by atoms with E-state index in [1.54, 1.807) is 66.7 Å². The first-order chi connectivity index (χ1) is 14.3. The summed E-state index contributed by atoms with van der Waals surface area (Å²) in [7, 11) is -8.14. The lowest BCUT2D eigenvalue weighted by Gasteiger charge is -2.11. The van der Waals surface area contributed by atoms with Gasteiger partial charge in [-0.05, 0) is 31.2 Å². The van der Waals surface area contributed by atoms with Crippen LogP contribution in [0.2, 0.25) is 0 Å². The largest absolute Gasteiger partial charge is 0.283 e. The number of rotatable bonds is 5. The molecule has 0 spiro atoms. The van der Waals surface area contributed by atoms with Crippen molar-refractivity contribution in [2.45, 2.75) is 21.6 Å². The first kappa shape index (κ1) is 20.1. The summed E-state index contributed by atoms with van der Waals surface area (Å²) in [6, 6.07) is 24.3. The molecule has 152 valence electrons. The molecule has 0 amide bonds. The third kappa shape index (κ3) is 3.34. The first-order valence-corrected chi connectivity index (χ1v) is 12.0. The van der Waals surface area contributed by atoms with E-state index in [-0.39, 0.29) is 26.1 Å². The Morgan fingerprint density at radius 1 is 0.667 bits per heavy atom. The van der Waals surface area contributed by atoms with Crippen molar-refractivity contribution in [3.05, 3.63) is 96.7 Å². The molecule has 0 radical (unpaired) electrons. The molecule has 8 heteroatoms. The van der Waals surface area contributed by atoms with Gasteiger partial charge in [0.1, 0.15) is 10.6 Å². The molecule has 6 nitrogen and oxygen atoms in total.